The first-order chi connectivity index (χ1) is 11.8. The minimum Gasteiger partial charge on any atom is -0.0651 e. The summed E-state index contributed by atoms with van der Waals surface area (Å²) in [4.78, 5) is 0. The normalized spacial score (nSPS) is 12.5. The average Bonchev–Trinajstić information content (AvgIpc) is 2.65. The first-order valence-corrected chi connectivity index (χ1v) is 9.85. The van der Waals surface area contributed by atoms with Gasteiger partial charge in [-0.05, 0) is 48.6 Å². The second-order valence-corrected chi connectivity index (χ2v) is 7.36. The van der Waals surface area contributed by atoms with Crippen LogP contribution in [0.15, 0.2) is 60.7 Å². The van der Waals surface area contributed by atoms with Crippen molar-refractivity contribution in [1.82, 2.24) is 0 Å². The maximum Gasteiger partial charge on any atom is -0.0276 e. The van der Waals surface area contributed by atoms with Crippen molar-refractivity contribution in [3.8, 4) is 0 Å². The molecule has 0 spiro atoms. The van der Waals surface area contributed by atoms with Crippen LogP contribution >= 0.6 is 0 Å². The summed E-state index contributed by atoms with van der Waals surface area (Å²) in [6.45, 7) is 4.70. The Kier molecular flexibility index (Phi) is 8.66. The molecular weight excluding hydrogens is 288 g/mol. The van der Waals surface area contributed by atoms with E-state index < -0.39 is 0 Å². The van der Waals surface area contributed by atoms with Crippen LogP contribution in [0.1, 0.15) is 63.5 Å². The van der Waals surface area contributed by atoms with E-state index in [1.807, 2.05) is 0 Å². The fraction of sp³-hybridized carbons (Fsp3) is 0.500. The van der Waals surface area contributed by atoms with Crippen LogP contribution in [0.2, 0.25) is 0 Å². The maximum atomic E-state index is 2.39. The molecule has 24 heavy (non-hydrogen) atoms. The van der Waals surface area contributed by atoms with Crippen molar-refractivity contribution in [3.05, 3.63) is 71.8 Å². The Labute approximate surface area is 149 Å². The van der Waals surface area contributed by atoms with Gasteiger partial charge in [-0.25, -0.2) is 0 Å². The predicted octanol–water partition coefficient (Wildman–Crippen LogP) is 7.08. The van der Waals surface area contributed by atoms with Crippen LogP contribution < -0.4 is 0 Å². The maximum absolute atomic E-state index is 2.39. The van der Waals surface area contributed by atoms with Gasteiger partial charge < -0.3 is 0 Å². The van der Waals surface area contributed by atoms with Crippen molar-refractivity contribution in [2.75, 3.05) is 0 Å². The van der Waals surface area contributed by atoms with Gasteiger partial charge in [-0.15, -0.1) is 0 Å². The summed E-state index contributed by atoms with van der Waals surface area (Å²) in [5.41, 5.74) is 2.98. The second-order valence-electron chi connectivity index (χ2n) is 7.36. The van der Waals surface area contributed by atoms with Gasteiger partial charge in [-0.1, -0.05) is 100 Å². The molecule has 0 nitrogen and oxygen atoms in total. The third-order valence-corrected chi connectivity index (χ3v) is 5.37. The van der Waals surface area contributed by atoms with Gasteiger partial charge >= 0.3 is 0 Å². The molecule has 2 rings (SSSR count). The van der Waals surface area contributed by atoms with Crippen LogP contribution in [-0.2, 0) is 12.8 Å². The Morgan fingerprint density at radius 2 is 1.17 bits per heavy atom. The summed E-state index contributed by atoms with van der Waals surface area (Å²) in [5, 5.41) is 0. The summed E-state index contributed by atoms with van der Waals surface area (Å²) in [6, 6.07) is 22.0. The molecule has 1 atom stereocenters. The summed E-state index contributed by atoms with van der Waals surface area (Å²) >= 11 is 0. The lowest BCUT2D eigenvalue weighted by Gasteiger charge is -2.18. The molecule has 0 fully saturated rings. The van der Waals surface area contributed by atoms with E-state index >= 15 is 0 Å². The highest BCUT2D eigenvalue weighted by Crippen LogP contribution is 2.23. The van der Waals surface area contributed by atoms with E-state index in [0.717, 1.165) is 11.8 Å². The van der Waals surface area contributed by atoms with Gasteiger partial charge in [0.25, 0.3) is 0 Å². The minimum absolute atomic E-state index is 0.856. The molecule has 0 saturated heterocycles. The summed E-state index contributed by atoms with van der Waals surface area (Å²) in [7, 11) is 0. The lowest BCUT2D eigenvalue weighted by molar-refractivity contribution is 0.378. The average molecular weight is 323 g/mol. The lowest BCUT2D eigenvalue weighted by Crippen LogP contribution is -2.06. The van der Waals surface area contributed by atoms with Gasteiger partial charge in [0.15, 0.2) is 0 Å². The largest absolute Gasteiger partial charge is 0.0651 e. The highest BCUT2D eigenvalue weighted by Gasteiger charge is 2.10. The SMILES string of the molecule is CC[C@H](C)CCCC(CCc1ccccc1)CCc1ccccc1. The van der Waals surface area contributed by atoms with Crippen molar-refractivity contribution >= 4 is 0 Å². The number of rotatable bonds is 11. The smallest absolute Gasteiger partial charge is 0.0276 e. The summed E-state index contributed by atoms with van der Waals surface area (Å²) in [5.74, 6) is 1.74. The molecule has 0 N–H and O–H groups in total. The molecule has 130 valence electrons. The van der Waals surface area contributed by atoms with Crippen molar-refractivity contribution < 1.29 is 0 Å². The molecule has 0 aliphatic rings. The fourth-order valence-corrected chi connectivity index (χ4v) is 3.42. The highest BCUT2D eigenvalue weighted by molar-refractivity contribution is 5.15. The number of hydrogen-bond acceptors (Lipinski definition) is 0. The fourth-order valence-electron chi connectivity index (χ4n) is 3.42. The topological polar surface area (TPSA) is 0 Å². The monoisotopic (exact) mass is 322 g/mol. The Morgan fingerprint density at radius 1 is 0.667 bits per heavy atom. The van der Waals surface area contributed by atoms with E-state index in [1.165, 1.54) is 62.5 Å². The molecular formula is C24H34. The molecule has 0 aliphatic heterocycles. The molecule has 0 radical (unpaired) electrons. The molecule has 0 heteroatoms. The zero-order valence-electron chi connectivity index (χ0n) is 15.6. The van der Waals surface area contributed by atoms with Gasteiger partial charge in [0.05, 0.1) is 0 Å². The quantitative estimate of drug-likeness (QED) is 0.414. The number of benzene rings is 2. The van der Waals surface area contributed by atoms with Crippen LogP contribution in [0.25, 0.3) is 0 Å². The molecule has 0 unspecified atom stereocenters. The minimum atomic E-state index is 0.856. The molecule has 0 amide bonds. The molecule has 0 aliphatic carbocycles. The number of hydrogen-bond donors (Lipinski definition) is 0. The Bertz CT molecular complexity index is 485. The van der Waals surface area contributed by atoms with Gasteiger partial charge in [-0.2, -0.15) is 0 Å². The van der Waals surface area contributed by atoms with Crippen LogP contribution in [0, 0.1) is 11.8 Å². The zero-order chi connectivity index (χ0) is 17.0. The first-order valence-electron chi connectivity index (χ1n) is 9.85. The summed E-state index contributed by atoms with van der Waals surface area (Å²) < 4.78 is 0. The predicted molar refractivity (Wildman–Crippen MR) is 106 cm³/mol. The van der Waals surface area contributed by atoms with Crippen molar-refractivity contribution in [2.45, 2.75) is 65.2 Å². The van der Waals surface area contributed by atoms with Crippen LogP contribution in [0.5, 0.6) is 0 Å². The second kappa shape index (κ2) is 11.1. The Morgan fingerprint density at radius 3 is 1.62 bits per heavy atom. The van der Waals surface area contributed by atoms with E-state index in [4.69, 9.17) is 0 Å². The highest BCUT2D eigenvalue weighted by atomic mass is 14.2. The van der Waals surface area contributed by atoms with Crippen molar-refractivity contribution in [1.29, 1.82) is 0 Å². The van der Waals surface area contributed by atoms with Crippen molar-refractivity contribution in [3.63, 3.8) is 0 Å². The lowest BCUT2D eigenvalue weighted by atomic mass is 9.88. The van der Waals surface area contributed by atoms with Gasteiger partial charge in [0.2, 0.25) is 0 Å². The molecule has 0 heterocycles. The zero-order valence-corrected chi connectivity index (χ0v) is 15.6. The molecule has 2 aromatic carbocycles. The summed E-state index contributed by atoms with van der Waals surface area (Å²) in [6.07, 6.45) is 10.6. The van der Waals surface area contributed by atoms with Crippen LogP contribution in [0.3, 0.4) is 0 Å². The molecule has 2 aromatic rings. The van der Waals surface area contributed by atoms with E-state index in [-0.39, 0.29) is 0 Å². The Hall–Kier alpha value is -1.56. The van der Waals surface area contributed by atoms with Gasteiger partial charge in [0, 0.05) is 0 Å². The van der Waals surface area contributed by atoms with Crippen LogP contribution in [0.4, 0.5) is 0 Å². The first kappa shape index (κ1) is 18.8. The van der Waals surface area contributed by atoms with E-state index in [9.17, 15) is 0 Å². The molecule has 0 bridgehead atoms. The van der Waals surface area contributed by atoms with E-state index in [2.05, 4.69) is 74.5 Å². The molecule has 0 aromatic heterocycles. The van der Waals surface area contributed by atoms with Gasteiger partial charge in [0.1, 0.15) is 0 Å². The van der Waals surface area contributed by atoms with E-state index in [0.29, 0.717) is 0 Å². The third-order valence-electron chi connectivity index (χ3n) is 5.37. The Balaban J connectivity index is 1.82. The standard InChI is InChI=1S/C24H34/c1-3-21(2)11-10-16-24(19-17-22-12-6-4-7-13-22)20-18-23-14-8-5-9-15-23/h4-9,12-15,21,24H,3,10-11,16-20H2,1-2H3/t21-/m0/s1. The van der Waals surface area contributed by atoms with Crippen LogP contribution in [-0.4, -0.2) is 0 Å². The molecule has 0 saturated carbocycles. The number of aryl methyl sites for hydroxylation is 2. The van der Waals surface area contributed by atoms with Crippen molar-refractivity contribution in [2.24, 2.45) is 11.8 Å². The van der Waals surface area contributed by atoms with Gasteiger partial charge in [-0.3, -0.25) is 0 Å². The van der Waals surface area contributed by atoms with E-state index in [1.54, 1.807) is 0 Å². The third kappa shape index (κ3) is 7.34.